The standard InChI is InChI=1S/C16H19N3O3/c1-11-8-16(18-22-11)17-12-4-6-19(7-5-12)13-2-3-14-15(9-13)21-10-20-14/h2-3,8-9,12H,4-7,10H2,1H3,(H,17,18). The molecule has 0 bridgehead atoms. The number of ether oxygens (including phenoxy) is 2. The Bertz CT molecular complexity index is 662. The van der Waals surface area contributed by atoms with Gasteiger partial charge in [-0.1, -0.05) is 5.16 Å². The van der Waals surface area contributed by atoms with E-state index in [4.69, 9.17) is 14.0 Å². The summed E-state index contributed by atoms with van der Waals surface area (Å²) < 4.78 is 15.9. The van der Waals surface area contributed by atoms with Gasteiger partial charge in [-0.05, 0) is 31.9 Å². The molecule has 0 amide bonds. The molecule has 0 spiro atoms. The molecule has 22 heavy (non-hydrogen) atoms. The SMILES string of the molecule is Cc1cc(NC2CCN(c3ccc4c(c3)OCO4)CC2)no1. The predicted molar refractivity (Wildman–Crippen MR) is 82.7 cm³/mol. The number of rotatable bonds is 3. The summed E-state index contributed by atoms with van der Waals surface area (Å²) in [5.41, 5.74) is 1.19. The second-order valence-electron chi connectivity index (χ2n) is 5.77. The van der Waals surface area contributed by atoms with E-state index in [9.17, 15) is 0 Å². The molecule has 0 saturated carbocycles. The Balaban J connectivity index is 1.37. The zero-order valence-electron chi connectivity index (χ0n) is 12.5. The third-order valence-corrected chi connectivity index (χ3v) is 4.20. The van der Waals surface area contributed by atoms with Gasteiger partial charge in [0.15, 0.2) is 17.3 Å². The number of nitrogens with zero attached hydrogens (tertiary/aromatic N) is 2. The minimum Gasteiger partial charge on any atom is -0.454 e. The molecule has 0 unspecified atom stereocenters. The molecule has 3 heterocycles. The van der Waals surface area contributed by atoms with Crippen molar-refractivity contribution < 1.29 is 14.0 Å². The van der Waals surface area contributed by atoms with Gasteiger partial charge in [0.25, 0.3) is 0 Å². The van der Waals surface area contributed by atoms with Crippen LogP contribution in [-0.4, -0.2) is 31.1 Å². The van der Waals surface area contributed by atoms with Crippen LogP contribution in [-0.2, 0) is 0 Å². The largest absolute Gasteiger partial charge is 0.454 e. The minimum atomic E-state index is 0.321. The van der Waals surface area contributed by atoms with Gasteiger partial charge >= 0.3 is 0 Å². The third-order valence-electron chi connectivity index (χ3n) is 4.20. The fourth-order valence-electron chi connectivity index (χ4n) is 3.01. The second kappa shape index (κ2) is 5.44. The van der Waals surface area contributed by atoms with E-state index in [2.05, 4.69) is 27.5 Å². The van der Waals surface area contributed by atoms with Crippen LogP contribution in [0.5, 0.6) is 11.5 Å². The fraction of sp³-hybridized carbons (Fsp3) is 0.438. The highest BCUT2D eigenvalue weighted by Gasteiger charge is 2.22. The Morgan fingerprint density at radius 1 is 1.14 bits per heavy atom. The number of fused-ring (bicyclic) bond motifs is 1. The van der Waals surface area contributed by atoms with E-state index in [1.165, 1.54) is 5.69 Å². The number of hydrogen-bond acceptors (Lipinski definition) is 6. The zero-order valence-corrected chi connectivity index (χ0v) is 12.5. The number of hydrogen-bond donors (Lipinski definition) is 1. The van der Waals surface area contributed by atoms with Crippen LogP contribution < -0.4 is 19.7 Å². The molecule has 2 aliphatic heterocycles. The molecule has 1 aromatic heterocycles. The Morgan fingerprint density at radius 2 is 1.95 bits per heavy atom. The van der Waals surface area contributed by atoms with Crippen LogP contribution in [0.25, 0.3) is 0 Å². The van der Waals surface area contributed by atoms with Gasteiger partial charge < -0.3 is 24.2 Å². The summed E-state index contributed by atoms with van der Waals surface area (Å²) in [5.74, 6) is 3.34. The van der Waals surface area contributed by atoms with Crippen LogP contribution in [0, 0.1) is 6.92 Å². The Labute approximate surface area is 129 Å². The summed E-state index contributed by atoms with van der Waals surface area (Å²) in [6.45, 7) is 4.24. The van der Waals surface area contributed by atoms with E-state index in [1.54, 1.807) is 0 Å². The lowest BCUT2D eigenvalue weighted by atomic mass is 10.0. The van der Waals surface area contributed by atoms with Gasteiger partial charge in [0.2, 0.25) is 6.79 Å². The Hall–Kier alpha value is -2.37. The number of nitrogens with one attached hydrogen (secondary N) is 1. The number of piperidine rings is 1. The summed E-state index contributed by atoms with van der Waals surface area (Å²) in [4.78, 5) is 2.38. The second-order valence-corrected chi connectivity index (χ2v) is 5.77. The molecule has 1 aromatic carbocycles. The molecule has 1 saturated heterocycles. The molecule has 0 atom stereocenters. The van der Waals surface area contributed by atoms with E-state index < -0.39 is 0 Å². The van der Waals surface area contributed by atoms with Crippen LogP contribution in [0.15, 0.2) is 28.8 Å². The first kappa shape index (κ1) is 13.3. The molecule has 116 valence electrons. The number of aromatic nitrogens is 1. The van der Waals surface area contributed by atoms with Crippen molar-refractivity contribution in [3.05, 3.63) is 30.0 Å². The monoisotopic (exact) mass is 301 g/mol. The predicted octanol–water partition coefficient (Wildman–Crippen LogP) is 2.79. The van der Waals surface area contributed by atoms with Crippen molar-refractivity contribution in [2.24, 2.45) is 0 Å². The first-order valence-electron chi connectivity index (χ1n) is 7.62. The van der Waals surface area contributed by atoms with Gasteiger partial charge in [-0.3, -0.25) is 0 Å². The maximum Gasteiger partial charge on any atom is 0.231 e. The van der Waals surface area contributed by atoms with Crippen molar-refractivity contribution in [3.8, 4) is 11.5 Å². The van der Waals surface area contributed by atoms with Crippen LogP contribution in [0.3, 0.4) is 0 Å². The van der Waals surface area contributed by atoms with Crippen LogP contribution in [0.2, 0.25) is 0 Å². The number of aryl methyl sites for hydroxylation is 1. The summed E-state index contributed by atoms with van der Waals surface area (Å²) in [7, 11) is 0. The molecule has 1 N–H and O–H groups in total. The van der Waals surface area contributed by atoms with Crippen molar-refractivity contribution >= 4 is 11.5 Å². The van der Waals surface area contributed by atoms with E-state index >= 15 is 0 Å². The lowest BCUT2D eigenvalue weighted by molar-refractivity contribution is 0.174. The Morgan fingerprint density at radius 3 is 2.73 bits per heavy atom. The van der Waals surface area contributed by atoms with Gasteiger partial charge in [-0.2, -0.15) is 0 Å². The van der Waals surface area contributed by atoms with Gasteiger partial charge in [0.1, 0.15) is 5.76 Å². The van der Waals surface area contributed by atoms with E-state index in [1.807, 2.05) is 19.1 Å². The third kappa shape index (κ3) is 2.56. The summed E-state index contributed by atoms with van der Waals surface area (Å²) in [6.07, 6.45) is 2.14. The molecule has 4 rings (SSSR count). The zero-order chi connectivity index (χ0) is 14.9. The van der Waals surface area contributed by atoms with Gasteiger partial charge in [-0.15, -0.1) is 0 Å². The maximum absolute atomic E-state index is 5.45. The topological polar surface area (TPSA) is 59.8 Å². The van der Waals surface area contributed by atoms with Crippen molar-refractivity contribution in [2.45, 2.75) is 25.8 Å². The quantitative estimate of drug-likeness (QED) is 0.940. The van der Waals surface area contributed by atoms with Gasteiger partial charge in [0, 0.05) is 37.0 Å². The molecule has 2 aromatic rings. The first-order valence-corrected chi connectivity index (χ1v) is 7.62. The van der Waals surface area contributed by atoms with Crippen LogP contribution >= 0.6 is 0 Å². The maximum atomic E-state index is 5.45. The van der Waals surface area contributed by atoms with Crippen molar-refractivity contribution in [1.29, 1.82) is 0 Å². The summed E-state index contributed by atoms with van der Waals surface area (Å²) in [6, 6.07) is 8.53. The lowest BCUT2D eigenvalue weighted by Gasteiger charge is -2.34. The van der Waals surface area contributed by atoms with Gasteiger partial charge in [-0.25, -0.2) is 0 Å². The van der Waals surface area contributed by atoms with E-state index in [-0.39, 0.29) is 0 Å². The number of anilines is 2. The lowest BCUT2D eigenvalue weighted by Crippen LogP contribution is -2.39. The normalized spacial score (nSPS) is 17.8. The molecule has 0 radical (unpaired) electrons. The van der Waals surface area contributed by atoms with E-state index in [0.717, 1.165) is 49.0 Å². The first-order chi connectivity index (χ1) is 10.8. The van der Waals surface area contributed by atoms with Crippen LogP contribution in [0.1, 0.15) is 18.6 Å². The Kier molecular flexibility index (Phi) is 3.29. The molecule has 0 aliphatic carbocycles. The average Bonchev–Trinajstić information content (AvgIpc) is 3.16. The molecular weight excluding hydrogens is 282 g/mol. The molecule has 6 heteroatoms. The summed E-state index contributed by atoms with van der Waals surface area (Å²) >= 11 is 0. The fourth-order valence-corrected chi connectivity index (χ4v) is 3.01. The highest BCUT2D eigenvalue weighted by atomic mass is 16.7. The van der Waals surface area contributed by atoms with Crippen molar-refractivity contribution in [3.63, 3.8) is 0 Å². The highest BCUT2D eigenvalue weighted by Crippen LogP contribution is 2.36. The molecule has 2 aliphatic rings. The minimum absolute atomic E-state index is 0.321. The van der Waals surface area contributed by atoms with Crippen molar-refractivity contribution in [1.82, 2.24) is 5.16 Å². The highest BCUT2D eigenvalue weighted by molar-refractivity contribution is 5.57. The molecule has 6 nitrogen and oxygen atoms in total. The van der Waals surface area contributed by atoms with E-state index in [0.29, 0.717) is 12.8 Å². The average molecular weight is 301 g/mol. The van der Waals surface area contributed by atoms with Crippen LogP contribution in [0.4, 0.5) is 11.5 Å². The molecular formula is C16H19N3O3. The number of benzene rings is 1. The smallest absolute Gasteiger partial charge is 0.231 e. The summed E-state index contributed by atoms with van der Waals surface area (Å²) in [5, 5.41) is 7.44. The molecule has 1 fully saturated rings. The van der Waals surface area contributed by atoms with Gasteiger partial charge in [0.05, 0.1) is 0 Å². The van der Waals surface area contributed by atoms with Crippen molar-refractivity contribution in [2.75, 3.05) is 30.1 Å².